The average Bonchev–Trinajstić information content (AvgIpc) is 3.09. The summed E-state index contributed by atoms with van der Waals surface area (Å²) in [6.07, 6.45) is 2.48. The summed E-state index contributed by atoms with van der Waals surface area (Å²) in [5.41, 5.74) is 0.780. The summed E-state index contributed by atoms with van der Waals surface area (Å²) in [5.74, 6) is 1.36. The molecular formula is C11H14N2O3. The molecule has 0 spiro atoms. The molecule has 1 aromatic rings. The first kappa shape index (κ1) is 10.7. The predicted octanol–water partition coefficient (Wildman–Crippen LogP) is 2.43. The van der Waals surface area contributed by atoms with E-state index in [0.29, 0.717) is 17.4 Å². The molecule has 1 N–H and O–H groups in total. The van der Waals surface area contributed by atoms with E-state index in [-0.39, 0.29) is 5.69 Å². The summed E-state index contributed by atoms with van der Waals surface area (Å²) in [6.45, 7) is 0.859. The number of anilines is 1. The maximum absolute atomic E-state index is 10.6. The molecule has 0 saturated heterocycles. The summed E-state index contributed by atoms with van der Waals surface area (Å²) in [5, 5.41) is 13.8. The van der Waals surface area contributed by atoms with Crippen LogP contribution in [0, 0.1) is 16.0 Å². The van der Waals surface area contributed by atoms with Crippen molar-refractivity contribution in [3.8, 4) is 5.75 Å². The minimum Gasteiger partial charge on any atom is -0.495 e. The van der Waals surface area contributed by atoms with Gasteiger partial charge < -0.3 is 10.1 Å². The second-order valence-corrected chi connectivity index (χ2v) is 3.97. The fourth-order valence-corrected chi connectivity index (χ4v) is 1.52. The van der Waals surface area contributed by atoms with Crippen LogP contribution in [0.3, 0.4) is 0 Å². The van der Waals surface area contributed by atoms with Crippen molar-refractivity contribution in [1.29, 1.82) is 0 Å². The molecule has 0 unspecified atom stereocenters. The standard InChI is InChI=1S/C11H14N2O3/c1-16-11-5-4-9(13(14)15)6-10(11)12-7-8-2-3-8/h4-6,8,12H,2-3,7H2,1H3. The zero-order chi connectivity index (χ0) is 11.5. The summed E-state index contributed by atoms with van der Waals surface area (Å²) in [6, 6.07) is 4.58. The second-order valence-electron chi connectivity index (χ2n) is 3.97. The van der Waals surface area contributed by atoms with Gasteiger partial charge in [-0.2, -0.15) is 0 Å². The first-order valence-corrected chi connectivity index (χ1v) is 5.27. The van der Waals surface area contributed by atoms with E-state index >= 15 is 0 Å². The molecule has 1 aliphatic carbocycles. The Morgan fingerprint density at radius 2 is 2.31 bits per heavy atom. The highest BCUT2D eigenvalue weighted by molar-refractivity contribution is 5.61. The minimum atomic E-state index is -0.401. The van der Waals surface area contributed by atoms with E-state index in [4.69, 9.17) is 4.74 Å². The number of nitro benzene ring substituents is 1. The van der Waals surface area contributed by atoms with Gasteiger partial charge in [0.05, 0.1) is 17.7 Å². The number of benzene rings is 1. The van der Waals surface area contributed by atoms with Gasteiger partial charge in [-0.05, 0) is 24.8 Å². The van der Waals surface area contributed by atoms with E-state index in [0.717, 1.165) is 6.54 Å². The number of nitrogens with zero attached hydrogens (tertiary/aromatic N) is 1. The largest absolute Gasteiger partial charge is 0.495 e. The van der Waals surface area contributed by atoms with E-state index in [1.165, 1.54) is 25.0 Å². The summed E-state index contributed by atoms with van der Waals surface area (Å²) in [7, 11) is 1.56. The quantitative estimate of drug-likeness (QED) is 0.613. The van der Waals surface area contributed by atoms with Crippen molar-refractivity contribution in [2.75, 3.05) is 19.0 Å². The summed E-state index contributed by atoms with van der Waals surface area (Å²) >= 11 is 0. The van der Waals surface area contributed by atoms with E-state index in [2.05, 4.69) is 5.32 Å². The van der Waals surface area contributed by atoms with Gasteiger partial charge in [-0.1, -0.05) is 0 Å². The molecular weight excluding hydrogens is 208 g/mol. The lowest BCUT2D eigenvalue weighted by Gasteiger charge is -2.10. The summed E-state index contributed by atoms with van der Waals surface area (Å²) < 4.78 is 5.15. The van der Waals surface area contributed by atoms with Gasteiger partial charge >= 0.3 is 0 Å². The molecule has 1 fully saturated rings. The molecule has 5 nitrogen and oxygen atoms in total. The van der Waals surface area contributed by atoms with Crippen LogP contribution in [-0.2, 0) is 0 Å². The van der Waals surface area contributed by atoms with E-state index in [1.54, 1.807) is 13.2 Å². The lowest BCUT2D eigenvalue weighted by Crippen LogP contribution is -2.05. The number of nitro groups is 1. The van der Waals surface area contributed by atoms with E-state index in [9.17, 15) is 10.1 Å². The van der Waals surface area contributed by atoms with Gasteiger partial charge in [-0.25, -0.2) is 0 Å². The van der Waals surface area contributed by atoms with Crippen LogP contribution in [0.15, 0.2) is 18.2 Å². The topological polar surface area (TPSA) is 64.4 Å². The molecule has 0 heterocycles. The third-order valence-corrected chi connectivity index (χ3v) is 2.67. The monoisotopic (exact) mass is 222 g/mol. The third-order valence-electron chi connectivity index (χ3n) is 2.67. The Morgan fingerprint density at radius 3 is 2.88 bits per heavy atom. The molecule has 1 aliphatic rings. The highest BCUT2D eigenvalue weighted by Crippen LogP contribution is 2.32. The number of non-ortho nitro benzene ring substituents is 1. The Labute approximate surface area is 93.6 Å². The predicted molar refractivity (Wildman–Crippen MR) is 60.9 cm³/mol. The van der Waals surface area contributed by atoms with E-state index < -0.39 is 4.92 Å². The fourth-order valence-electron chi connectivity index (χ4n) is 1.52. The number of methoxy groups -OCH3 is 1. The molecule has 1 saturated carbocycles. The number of ether oxygens (including phenoxy) is 1. The third kappa shape index (κ3) is 2.42. The van der Waals surface area contributed by atoms with Crippen LogP contribution in [0.5, 0.6) is 5.75 Å². The van der Waals surface area contributed by atoms with Crippen molar-refractivity contribution in [3.63, 3.8) is 0 Å². The molecule has 0 bridgehead atoms. The minimum absolute atomic E-state index is 0.0825. The van der Waals surface area contributed by atoms with Crippen molar-refractivity contribution < 1.29 is 9.66 Å². The van der Waals surface area contributed by atoms with Gasteiger partial charge in [-0.3, -0.25) is 10.1 Å². The first-order chi connectivity index (χ1) is 7.70. The van der Waals surface area contributed by atoms with Gasteiger partial charge in [0.15, 0.2) is 0 Å². The lowest BCUT2D eigenvalue weighted by molar-refractivity contribution is -0.384. The molecule has 16 heavy (non-hydrogen) atoms. The molecule has 0 amide bonds. The molecule has 0 atom stereocenters. The van der Waals surface area contributed by atoms with Gasteiger partial charge in [0.2, 0.25) is 0 Å². The van der Waals surface area contributed by atoms with Gasteiger partial charge in [0.25, 0.3) is 5.69 Å². The van der Waals surface area contributed by atoms with Crippen molar-refractivity contribution in [2.24, 2.45) is 5.92 Å². The van der Waals surface area contributed by atoms with Gasteiger partial charge in [0.1, 0.15) is 5.75 Å². The Hall–Kier alpha value is -1.78. The van der Waals surface area contributed by atoms with Gasteiger partial charge in [0, 0.05) is 18.7 Å². The van der Waals surface area contributed by atoms with Crippen LogP contribution in [0.1, 0.15) is 12.8 Å². The number of hydrogen-bond donors (Lipinski definition) is 1. The van der Waals surface area contributed by atoms with E-state index in [1.807, 2.05) is 0 Å². The average molecular weight is 222 g/mol. The molecule has 1 aromatic carbocycles. The van der Waals surface area contributed by atoms with Crippen molar-refractivity contribution in [3.05, 3.63) is 28.3 Å². The highest BCUT2D eigenvalue weighted by Gasteiger charge is 2.21. The Balaban J connectivity index is 2.16. The van der Waals surface area contributed by atoms with Crippen LogP contribution in [0.2, 0.25) is 0 Å². The Kier molecular flexibility index (Phi) is 2.94. The van der Waals surface area contributed by atoms with Crippen molar-refractivity contribution >= 4 is 11.4 Å². The molecule has 5 heteroatoms. The zero-order valence-corrected chi connectivity index (χ0v) is 9.10. The van der Waals surface area contributed by atoms with Crippen LogP contribution in [-0.4, -0.2) is 18.6 Å². The normalized spacial score (nSPS) is 14.6. The molecule has 0 aliphatic heterocycles. The summed E-state index contributed by atoms with van der Waals surface area (Å²) in [4.78, 5) is 10.2. The van der Waals surface area contributed by atoms with Crippen LogP contribution in [0.4, 0.5) is 11.4 Å². The maximum atomic E-state index is 10.6. The number of rotatable bonds is 5. The lowest BCUT2D eigenvalue weighted by atomic mass is 10.2. The SMILES string of the molecule is COc1ccc([N+](=O)[O-])cc1NCC1CC1. The Bertz CT molecular complexity index is 402. The first-order valence-electron chi connectivity index (χ1n) is 5.27. The van der Waals surface area contributed by atoms with Crippen LogP contribution >= 0.6 is 0 Å². The van der Waals surface area contributed by atoms with Crippen LogP contribution < -0.4 is 10.1 Å². The maximum Gasteiger partial charge on any atom is 0.271 e. The fraction of sp³-hybridized carbons (Fsp3) is 0.455. The number of nitrogens with one attached hydrogen (secondary N) is 1. The molecule has 86 valence electrons. The van der Waals surface area contributed by atoms with Crippen LogP contribution in [0.25, 0.3) is 0 Å². The van der Waals surface area contributed by atoms with Gasteiger partial charge in [-0.15, -0.1) is 0 Å². The Morgan fingerprint density at radius 1 is 1.56 bits per heavy atom. The smallest absolute Gasteiger partial charge is 0.271 e. The molecule has 0 radical (unpaired) electrons. The number of hydrogen-bond acceptors (Lipinski definition) is 4. The van der Waals surface area contributed by atoms with Crippen molar-refractivity contribution in [2.45, 2.75) is 12.8 Å². The second kappa shape index (κ2) is 4.38. The molecule has 0 aromatic heterocycles. The highest BCUT2D eigenvalue weighted by atomic mass is 16.6. The van der Waals surface area contributed by atoms with Crippen molar-refractivity contribution in [1.82, 2.24) is 0 Å². The molecule has 2 rings (SSSR count). The zero-order valence-electron chi connectivity index (χ0n) is 9.10.